The molecular weight excluding hydrogens is 584 g/mol. The van der Waals surface area contributed by atoms with E-state index < -0.39 is 22.6 Å². The summed E-state index contributed by atoms with van der Waals surface area (Å²) in [6.45, 7) is 1.26. The molecule has 186 valence electrons. The third-order valence-corrected chi connectivity index (χ3v) is 6.24. The summed E-state index contributed by atoms with van der Waals surface area (Å²) in [5.41, 5.74) is -1.47. The lowest BCUT2D eigenvalue weighted by atomic mass is 10.1. The fourth-order valence-electron chi connectivity index (χ4n) is 3.78. The molecule has 12 heteroatoms. The van der Waals surface area contributed by atoms with Crippen molar-refractivity contribution in [1.29, 1.82) is 0 Å². The smallest absolute Gasteiger partial charge is 0.333 e. The number of pyridine rings is 1. The van der Waals surface area contributed by atoms with Crippen LogP contribution in [0.25, 0.3) is 16.6 Å². The molecule has 0 aliphatic carbocycles. The van der Waals surface area contributed by atoms with Gasteiger partial charge in [0.15, 0.2) is 6.61 Å². The third-order valence-electron chi connectivity index (χ3n) is 5.57. The van der Waals surface area contributed by atoms with Gasteiger partial charge in [0.2, 0.25) is 0 Å². The molecule has 0 saturated carbocycles. The van der Waals surface area contributed by atoms with E-state index in [9.17, 15) is 23.6 Å². The molecule has 0 fully saturated rings. The van der Waals surface area contributed by atoms with Crippen molar-refractivity contribution in [1.82, 2.24) is 19.4 Å². The van der Waals surface area contributed by atoms with Crippen LogP contribution in [0.5, 0.6) is 5.75 Å². The van der Waals surface area contributed by atoms with Crippen molar-refractivity contribution in [2.45, 2.75) is 6.92 Å². The average Bonchev–Trinajstić information content (AvgIpc) is 2.85. The predicted molar refractivity (Wildman–Crippen MR) is 142 cm³/mol. The van der Waals surface area contributed by atoms with Crippen molar-refractivity contribution in [2.75, 3.05) is 19.0 Å². The maximum atomic E-state index is 14.6. The van der Waals surface area contributed by atoms with E-state index >= 15 is 0 Å². The Morgan fingerprint density at radius 2 is 1.92 bits per heavy atom. The summed E-state index contributed by atoms with van der Waals surface area (Å²) in [6.07, 6.45) is 0. The number of hydrogen-bond acceptors (Lipinski definition) is 6. The standard InChI is InChI=1S/C24H21FIN5O5/c1-12-20-19(21(30(3)23(12)34)28-17-8-7-13(26)9-16(17)25)22(33)29-24(35)31(20)14-5-4-6-15(10-14)36-11-18(32)27-2/h4-10,28H,11H2,1-3H3,(H,27,32)(H,29,33,35). The van der Waals surface area contributed by atoms with Gasteiger partial charge in [-0.1, -0.05) is 6.07 Å². The van der Waals surface area contributed by atoms with Crippen molar-refractivity contribution < 1.29 is 13.9 Å². The fraction of sp³-hybridized carbons (Fsp3) is 0.167. The summed E-state index contributed by atoms with van der Waals surface area (Å²) in [6, 6.07) is 10.8. The van der Waals surface area contributed by atoms with Gasteiger partial charge in [0.25, 0.3) is 17.0 Å². The molecule has 2 heterocycles. The van der Waals surface area contributed by atoms with Crippen LogP contribution in [0, 0.1) is 16.3 Å². The van der Waals surface area contributed by atoms with E-state index in [1.807, 2.05) is 22.6 Å². The number of carbonyl (C=O) groups is 1. The van der Waals surface area contributed by atoms with Crippen LogP contribution in [0.4, 0.5) is 15.9 Å². The van der Waals surface area contributed by atoms with Crippen LogP contribution < -0.4 is 32.2 Å². The van der Waals surface area contributed by atoms with Gasteiger partial charge in [-0.05, 0) is 59.8 Å². The van der Waals surface area contributed by atoms with Gasteiger partial charge in [0.1, 0.15) is 22.8 Å². The largest absolute Gasteiger partial charge is 0.484 e. The number of nitrogens with zero attached hydrogens (tertiary/aromatic N) is 2. The van der Waals surface area contributed by atoms with E-state index in [1.54, 1.807) is 24.3 Å². The number of aryl methyl sites for hydroxylation is 1. The van der Waals surface area contributed by atoms with Gasteiger partial charge in [-0.25, -0.2) is 9.18 Å². The normalized spacial score (nSPS) is 10.9. The lowest BCUT2D eigenvalue weighted by Gasteiger charge is -2.19. The lowest BCUT2D eigenvalue weighted by molar-refractivity contribution is -0.122. The van der Waals surface area contributed by atoms with Crippen LogP contribution in [-0.2, 0) is 11.8 Å². The van der Waals surface area contributed by atoms with E-state index in [-0.39, 0.29) is 40.5 Å². The molecule has 0 bridgehead atoms. The number of hydrogen-bond donors (Lipinski definition) is 3. The van der Waals surface area contributed by atoms with Gasteiger partial charge >= 0.3 is 5.69 Å². The van der Waals surface area contributed by atoms with Crippen molar-refractivity contribution in [3.05, 3.63) is 88.6 Å². The Hall–Kier alpha value is -3.94. The van der Waals surface area contributed by atoms with Gasteiger partial charge in [-0.3, -0.25) is 28.5 Å². The first kappa shape index (κ1) is 25.2. The maximum Gasteiger partial charge on any atom is 0.333 e. The molecule has 0 aliphatic rings. The predicted octanol–water partition coefficient (Wildman–Crippen LogP) is 2.30. The number of fused-ring (bicyclic) bond motifs is 1. The van der Waals surface area contributed by atoms with Gasteiger partial charge in [-0.15, -0.1) is 0 Å². The number of ether oxygens (including phenoxy) is 1. The van der Waals surface area contributed by atoms with E-state index in [2.05, 4.69) is 15.6 Å². The number of carbonyl (C=O) groups excluding carboxylic acids is 1. The van der Waals surface area contributed by atoms with E-state index in [1.165, 1.54) is 48.4 Å². The molecule has 4 aromatic rings. The molecule has 0 aliphatic heterocycles. The van der Waals surface area contributed by atoms with E-state index in [0.717, 1.165) is 0 Å². The summed E-state index contributed by atoms with van der Waals surface area (Å²) < 4.78 is 23.1. The van der Waals surface area contributed by atoms with Crippen LogP contribution in [0.2, 0.25) is 0 Å². The molecule has 4 rings (SSSR count). The minimum Gasteiger partial charge on any atom is -0.484 e. The first-order valence-corrected chi connectivity index (χ1v) is 11.7. The van der Waals surface area contributed by atoms with E-state index in [4.69, 9.17) is 4.74 Å². The highest BCUT2D eigenvalue weighted by atomic mass is 127. The first-order valence-electron chi connectivity index (χ1n) is 10.7. The molecule has 0 radical (unpaired) electrons. The second-order valence-electron chi connectivity index (χ2n) is 7.86. The zero-order chi connectivity index (χ0) is 26.1. The monoisotopic (exact) mass is 605 g/mol. The molecule has 0 unspecified atom stereocenters. The number of likely N-dealkylation sites (N-methyl/N-ethyl adjacent to an activating group) is 1. The average molecular weight is 605 g/mol. The quantitative estimate of drug-likeness (QED) is 0.290. The summed E-state index contributed by atoms with van der Waals surface area (Å²) in [4.78, 5) is 53.0. The highest BCUT2D eigenvalue weighted by Gasteiger charge is 2.21. The van der Waals surface area contributed by atoms with Crippen molar-refractivity contribution in [2.24, 2.45) is 7.05 Å². The lowest BCUT2D eigenvalue weighted by Crippen LogP contribution is -2.34. The molecule has 2 aromatic carbocycles. The summed E-state index contributed by atoms with van der Waals surface area (Å²) in [5, 5.41) is 5.28. The number of rotatable bonds is 6. The Kier molecular flexibility index (Phi) is 6.97. The Morgan fingerprint density at radius 1 is 1.17 bits per heavy atom. The number of anilines is 2. The Labute approximate surface area is 216 Å². The molecule has 3 N–H and O–H groups in total. The van der Waals surface area contributed by atoms with Crippen molar-refractivity contribution in [3.63, 3.8) is 0 Å². The molecular formula is C24H21FIN5O5. The SMILES string of the molecule is CNC(=O)COc1cccc(-n2c(=O)[nH]c(=O)c3c(Nc4ccc(I)cc4F)n(C)c(=O)c(C)c32)c1. The number of H-pyrrole nitrogens is 1. The Bertz CT molecular complexity index is 1690. The van der Waals surface area contributed by atoms with Crippen LogP contribution in [0.1, 0.15) is 5.56 Å². The zero-order valence-electron chi connectivity index (χ0n) is 19.4. The van der Waals surface area contributed by atoms with Gasteiger partial charge in [0.05, 0.1) is 16.9 Å². The summed E-state index contributed by atoms with van der Waals surface area (Å²) >= 11 is 1.97. The molecule has 0 saturated heterocycles. The van der Waals surface area contributed by atoms with Crippen LogP contribution in [-0.4, -0.2) is 33.7 Å². The fourth-order valence-corrected chi connectivity index (χ4v) is 4.23. The Morgan fingerprint density at radius 3 is 2.61 bits per heavy atom. The first-order chi connectivity index (χ1) is 17.1. The highest BCUT2D eigenvalue weighted by Crippen LogP contribution is 2.27. The number of aromatic nitrogens is 3. The molecule has 36 heavy (non-hydrogen) atoms. The molecule has 1 amide bonds. The number of benzene rings is 2. The van der Waals surface area contributed by atoms with Crippen LogP contribution >= 0.6 is 22.6 Å². The second kappa shape index (κ2) is 9.97. The maximum absolute atomic E-state index is 14.6. The zero-order valence-corrected chi connectivity index (χ0v) is 21.6. The summed E-state index contributed by atoms with van der Waals surface area (Å²) in [5.74, 6) is -0.607. The number of halogens is 2. The van der Waals surface area contributed by atoms with Crippen LogP contribution in [0.15, 0.2) is 56.8 Å². The summed E-state index contributed by atoms with van der Waals surface area (Å²) in [7, 11) is 2.93. The van der Waals surface area contributed by atoms with Crippen LogP contribution in [0.3, 0.4) is 0 Å². The number of amides is 1. The minimum absolute atomic E-state index is 0.0103. The van der Waals surface area contributed by atoms with Crippen molar-refractivity contribution in [3.8, 4) is 11.4 Å². The van der Waals surface area contributed by atoms with E-state index in [0.29, 0.717) is 15.0 Å². The van der Waals surface area contributed by atoms with Gasteiger partial charge in [-0.2, -0.15) is 0 Å². The van der Waals surface area contributed by atoms with Crippen molar-refractivity contribution >= 4 is 50.9 Å². The molecule has 0 spiro atoms. The third kappa shape index (κ3) is 4.63. The van der Waals surface area contributed by atoms with Gasteiger partial charge in [0, 0.05) is 29.3 Å². The topological polar surface area (TPSA) is 127 Å². The number of aromatic amines is 1. The molecule has 0 atom stereocenters. The minimum atomic E-state index is -0.779. The second-order valence-corrected chi connectivity index (χ2v) is 9.11. The Balaban J connectivity index is 1.98. The molecule has 10 nitrogen and oxygen atoms in total. The van der Waals surface area contributed by atoms with Gasteiger partial charge < -0.3 is 15.4 Å². The highest BCUT2D eigenvalue weighted by molar-refractivity contribution is 14.1. The number of nitrogens with one attached hydrogen (secondary N) is 3. The molecule has 2 aromatic heterocycles.